The maximum absolute atomic E-state index is 12.4. The molecule has 134 valence electrons. The van der Waals surface area contributed by atoms with Gasteiger partial charge in [0.25, 0.3) is 0 Å². The van der Waals surface area contributed by atoms with Crippen molar-refractivity contribution in [2.24, 2.45) is 0 Å². The fraction of sp³-hybridized carbons (Fsp3) is 0.667. The first kappa shape index (κ1) is 18.8. The molecule has 6 heteroatoms. The third-order valence-electron chi connectivity index (χ3n) is 4.40. The molecular weight excluding hydrogens is 326 g/mol. The first-order chi connectivity index (χ1) is 11.1. The molecule has 0 aromatic carbocycles. The number of ether oxygens (including phenoxy) is 2. The summed E-state index contributed by atoms with van der Waals surface area (Å²) in [5, 5.41) is 2.02. The molecule has 0 bridgehead atoms. The maximum atomic E-state index is 12.4. The van der Waals surface area contributed by atoms with Gasteiger partial charge in [0.05, 0.1) is 6.61 Å². The van der Waals surface area contributed by atoms with Crippen molar-refractivity contribution in [3.8, 4) is 0 Å². The SMILES string of the molecule is CCOC(=O)c1scc2c1CCC(C)(N(C)C(=O)OC(C)(C)C)C2. The lowest BCUT2D eigenvalue weighted by Crippen LogP contribution is -2.52. The fourth-order valence-corrected chi connectivity index (χ4v) is 3.95. The second kappa shape index (κ2) is 6.75. The summed E-state index contributed by atoms with van der Waals surface area (Å²) in [5.74, 6) is -0.243. The largest absolute Gasteiger partial charge is 0.462 e. The van der Waals surface area contributed by atoms with Crippen LogP contribution in [0.5, 0.6) is 0 Å². The molecule has 1 aliphatic carbocycles. The molecule has 0 spiro atoms. The quantitative estimate of drug-likeness (QED) is 0.770. The number of hydrogen-bond donors (Lipinski definition) is 0. The van der Waals surface area contributed by atoms with Crippen molar-refractivity contribution >= 4 is 23.4 Å². The molecule has 1 aromatic heterocycles. The van der Waals surface area contributed by atoms with Crippen LogP contribution in [-0.2, 0) is 22.3 Å². The lowest BCUT2D eigenvalue weighted by molar-refractivity contribution is 0.00543. The molecular formula is C18H27NO4S. The standard InChI is InChI=1S/C18H27NO4S/c1-7-22-15(20)14-13-8-9-18(5,10-12(13)11-24-14)19(6)16(21)23-17(2,3)4/h11H,7-10H2,1-6H3. The molecule has 0 fully saturated rings. The summed E-state index contributed by atoms with van der Waals surface area (Å²) in [7, 11) is 1.79. The number of carbonyl (C=O) groups is 2. The van der Waals surface area contributed by atoms with Crippen molar-refractivity contribution in [2.45, 2.75) is 65.0 Å². The Kier molecular flexibility index (Phi) is 5.28. The fourth-order valence-electron chi connectivity index (χ4n) is 2.94. The van der Waals surface area contributed by atoms with E-state index in [4.69, 9.17) is 9.47 Å². The zero-order chi connectivity index (χ0) is 18.1. The van der Waals surface area contributed by atoms with Gasteiger partial charge in [0.2, 0.25) is 0 Å². The Labute approximate surface area is 147 Å². The second-order valence-electron chi connectivity index (χ2n) is 7.50. The van der Waals surface area contributed by atoms with E-state index in [1.807, 2.05) is 33.1 Å². The molecule has 1 aromatic rings. The molecule has 0 saturated heterocycles. The molecule has 1 unspecified atom stereocenters. The predicted octanol–water partition coefficient (Wildman–Crippen LogP) is 4.04. The van der Waals surface area contributed by atoms with Gasteiger partial charge in [-0.25, -0.2) is 9.59 Å². The normalized spacial score (nSPS) is 20.2. The van der Waals surface area contributed by atoms with Crippen LogP contribution >= 0.6 is 11.3 Å². The highest BCUT2D eigenvalue weighted by atomic mass is 32.1. The molecule has 24 heavy (non-hydrogen) atoms. The van der Waals surface area contributed by atoms with E-state index < -0.39 is 5.60 Å². The number of rotatable bonds is 3. The van der Waals surface area contributed by atoms with Gasteiger partial charge in [-0.1, -0.05) is 0 Å². The highest BCUT2D eigenvalue weighted by Crippen LogP contribution is 2.37. The average Bonchev–Trinajstić information content (AvgIpc) is 2.87. The van der Waals surface area contributed by atoms with Crippen molar-refractivity contribution in [2.75, 3.05) is 13.7 Å². The molecule has 0 N–H and O–H groups in total. The summed E-state index contributed by atoms with van der Waals surface area (Å²) >= 11 is 1.44. The summed E-state index contributed by atoms with van der Waals surface area (Å²) in [5.41, 5.74) is 1.38. The zero-order valence-corrected chi connectivity index (χ0v) is 16.2. The van der Waals surface area contributed by atoms with Gasteiger partial charge in [0.15, 0.2) is 0 Å². The van der Waals surface area contributed by atoms with E-state index in [-0.39, 0.29) is 17.6 Å². The molecule has 1 amide bonds. The highest BCUT2D eigenvalue weighted by molar-refractivity contribution is 7.12. The van der Waals surface area contributed by atoms with E-state index >= 15 is 0 Å². The van der Waals surface area contributed by atoms with Gasteiger partial charge in [-0.3, -0.25) is 0 Å². The van der Waals surface area contributed by atoms with Gasteiger partial charge >= 0.3 is 12.1 Å². The summed E-state index contributed by atoms with van der Waals surface area (Å²) < 4.78 is 10.6. The molecule has 0 radical (unpaired) electrons. The van der Waals surface area contributed by atoms with Crippen molar-refractivity contribution in [1.29, 1.82) is 0 Å². The summed E-state index contributed by atoms with van der Waals surface area (Å²) in [4.78, 5) is 26.8. The van der Waals surface area contributed by atoms with Crippen LogP contribution < -0.4 is 0 Å². The van der Waals surface area contributed by atoms with Gasteiger partial charge < -0.3 is 14.4 Å². The van der Waals surface area contributed by atoms with Gasteiger partial charge in [-0.15, -0.1) is 11.3 Å². The number of likely N-dealkylation sites (N-methyl/N-ethyl adjacent to an activating group) is 1. The number of thiophene rings is 1. The summed E-state index contributed by atoms with van der Waals surface area (Å²) in [6.45, 7) is 9.86. The Bertz CT molecular complexity index is 631. The van der Waals surface area contributed by atoms with Gasteiger partial charge in [0, 0.05) is 12.6 Å². The number of nitrogens with zero attached hydrogens (tertiary/aromatic N) is 1. The first-order valence-corrected chi connectivity index (χ1v) is 9.18. The lowest BCUT2D eigenvalue weighted by atomic mass is 9.79. The molecule has 0 aliphatic heterocycles. The van der Waals surface area contributed by atoms with E-state index in [0.29, 0.717) is 17.9 Å². The van der Waals surface area contributed by atoms with E-state index in [1.165, 1.54) is 11.3 Å². The molecule has 1 aliphatic rings. The zero-order valence-electron chi connectivity index (χ0n) is 15.4. The Morgan fingerprint density at radius 2 is 2.04 bits per heavy atom. The topological polar surface area (TPSA) is 55.8 Å². The van der Waals surface area contributed by atoms with Gasteiger partial charge in [-0.2, -0.15) is 0 Å². The van der Waals surface area contributed by atoms with Crippen molar-refractivity contribution in [3.63, 3.8) is 0 Å². The van der Waals surface area contributed by atoms with Crippen molar-refractivity contribution in [1.82, 2.24) is 4.90 Å². The monoisotopic (exact) mass is 353 g/mol. The summed E-state index contributed by atoms with van der Waals surface area (Å²) in [6.07, 6.45) is 1.96. The van der Waals surface area contributed by atoms with E-state index in [2.05, 4.69) is 6.92 Å². The Morgan fingerprint density at radius 1 is 1.38 bits per heavy atom. The van der Waals surface area contributed by atoms with Crippen LogP contribution in [0.3, 0.4) is 0 Å². The van der Waals surface area contributed by atoms with Crippen LogP contribution in [0.4, 0.5) is 4.79 Å². The smallest absolute Gasteiger partial charge is 0.410 e. The van der Waals surface area contributed by atoms with Crippen molar-refractivity contribution in [3.05, 3.63) is 21.4 Å². The minimum atomic E-state index is -0.513. The third kappa shape index (κ3) is 3.91. The number of fused-ring (bicyclic) bond motifs is 1. The molecule has 5 nitrogen and oxygen atoms in total. The number of carbonyl (C=O) groups excluding carboxylic acids is 2. The van der Waals surface area contributed by atoms with Crippen LogP contribution in [0.15, 0.2) is 5.38 Å². The molecule has 2 rings (SSSR count). The molecule has 1 atom stereocenters. The maximum Gasteiger partial charge on any atom is 0.410 e. The van der Waals surface area contributed by atoms with Crippen LogP contribution in [0, 0.1) is 0 Å². The van der Waals surface area contributed by atoms with E-state index in [9.17, 15) is 9.59 Å². The first-order valence-electron chi connectivity index (χ1n) is 8.30. The Hall–Kier alpha value is -1.56. The van der Waals surface area contributed by atoms with Gasteiger partial charge in [-0.05, 0) is 70.4 Å². The van der Waals surface area contributed by atoms with E-state index in [1.54, 1.807) is 11.9 Å². The summed E-state index contributed by atoms with van der Waals surface area (Å²) in [6, 6.07) is 0. The Morgan fingerprint density at radius 3 is 2.62 bits per heavy atom. The third-order valence-corrected chi connectivity index (χ3v) is 5.45. The minimum Gasteiger partial charge on any atom is -0.462 e. The Balaban J connectivity index is 2.17. The molecule has 0 saturated carbocycles. The average molecular weight is 353 g/mol. The second-order valence-corrected chi connectivity index (χ2v) is 8.38. The van der Waals surface area contributed by atoms with Gasteiger partial charge in [0.1, 0.15) is 10.5 Å². The van der Waals surface area contributed by atoms with Crippen LogP contribution in [0.2, 0.25) is 0 Å². The van der Waals surface area contributed by atoms with Crippen LogP contribution in [-0.4, -0.2) is 41.8 Å². The van der Waals surface area contributed by atoms with Crippen LogP contribution in [0.1, 0.15) is 61.8 Å². The highest BCUT2D eigenvalue weighted by Gasteiger charge is 2.39. The van der Waals surface area contributed by atoms with E-state index in [0.717, 1.165) is 24.0 Å². The van der Waals surface area contributed by atoms with Crippen molar-refractivity contribution < 1.29 is 19.1 Å². The lowest BCUT2D eigenvalue weighted by Gasteiger charge is -2.42. The van der Waals surface area contributed by atoms with Crippen LogP contribution in [0.25, 0.3) is 0 Å². The number of esters is 1. The number of hydrogen-bond acceptors (Lipinski definition) is 5. The predicted molar refractivity (Wildman–Crippen MR) is 94.7 cm³/mol. The number of amides is 1. The molecule has 1 heterocycles. The minimum absolute atomic E-state index is 0.243.